The van der Waals surface area contributed by atoms with E-state index >= 15 is 0 Å². The van der Waals surface area contributed by atoms with E-state index in [9.17, 15) is 4.79 Å². The molecule has 156 valence electrons. The van der Waals surface area contributed by atoms with Crippen molar-refractivity contribution in [2.45, 2.75) is 27.7 Å². The molecule has 31 heavy (non-hydrogen) atoms. The summed E-state index contributed by atoms with van der Waals surface area (Å²) in [4.78, 5) is 17.7. The fraction of sp³-hybridized carbons (Fsp3) is 0.160. The second kappa shape index (κ2) is 8.47. The summed E-state index contributed by atoms with van der Waals surface area (Å²) in [6.07, 6.45) is 0. The number of carbonyl (C=O) groups is 1. The van der Waals surface area contributed by atoms with Gasteiger partial charge in [-0.05, 0) is 62.6 Å². The van der Waals surface area contributed by atoms with Gasteiger partial charge in [0.15, 0.2) is 5.82 Å². The van der Waals surface area contributed by atoms with Crippen LogP contribution in [0.4, 0.5) is 5.69 Å². The van der Waals surface area contributed by atoms with Crippen molar-refractivity contribution in [3.05, 3.63) is 93.2 Å². The van der Waals surface area contributed by atoms with Crippen molar-refractivity contribution in [3.8, 4) is 17.1 Å². The Morgan fingerprint density at radius 1 is 0.903 bits per heavy atom. The highest BCUT2D eigenvalue weighted by Gasteiger charge is 2.20. The molecule has 0 saturated carbocycles. The Hall–Kier alpha value is -3.25. The third-order valence-corrected chi connectivity index (χ3v) is 5.74. The zero-order chi connectivity index (χ0) is 22.1. The summed E-state index contributed by atoms with van der Waals surface area (Å²) in [5.74, 6) is 0.408. The van der Waals surface area contributed by atoms with Gasteiger partial charge in [0.1, 0.15) is 0 Å². The normalized spacial score (nSPS) is 10.9. The quantitative estimate of drug-likeness (QED) is 0.383. The van der Waals surface area contributed by atoms with Gasteiger partial charge < -0.3 is 5.32 Å². The predicted molar refractivity (Wildman–Crippen MR) is 128 cm³/mol. The van der Waals surface area contributed by atoms with Crippen LogP contribution in [-0.4, -0.2) is 20.7 Å². The lowest BCUT2D eigenvalue weighted by atomic mass is 10.1. The van der Waals surface area contributed by atoms with E-state index in [0.717, 1.165) is 38.1 Å². The van der Waals surface area contributed by atoms with Gasteiger partial charge in [-0.3, -0.25) is 4.79 Å². The first-order valence-electron chi connectivity index (χ1n) is 10.0. The molecular formula is C25H23BrN4O. The summed E-state index contributed by atoms with van der Waals surface area (Å²) >= 11 is 3.47. The first-order chi connectivity index (χ1) is 14.8. The molecule has 5 nitrogen and oxygen atoms in total. The number of anilines is 1. The number of benzene rings is 3. The van der Waals surface area contributed by atoms with Gasteiger partial charge in [0.2, 0.25) is 5.82 Å². The molecule has 0 fully saturated rings. The number of rotatable bonds is 4. The molecule has 4 rings (SSSR count). The third-order valence-electron chi connectivity index (χ3n) is 5.21. The molecule has 0 unspecified atom stereocenters. The van der Waals surface area contributed by atoms with E-state index in [1.54, 1.807) is 4.68 Å². The third kappa shape index (κ3) is 4.30. The average Bonchev–Trinajstić information content (AvgIpc) is 3.16. The second-order valence-corrected chi connectivity index (χ2v) is 8.60. The van der Waals surface area contributed by atoms with Crippen molar-refractivity contribution in [1.82, 2.24) is 14.8 Å². The van der Waals surface area contributed by atoms with Crippen LogP contribution in [0.3, 0.4) is 0 Å². The standard InChI is InChI=1S/C25H23BrN4O/c1-15-8-13-21(18(4)14-15)30-24(19-9-11-20(26)12-10-19)28-23(29-30)25(31)27-22-16(2)6-5-7-17(22)3/h5-14H,1-4H3,(H,27,31). The first kappa shape index (κ1) is 21.0. The molecule has 1 N–H and O–H groups in total. The van der Waals surface area contributed by atoms with Gasteiger partial charge in [-0.2, -0.15) is 0 Å². The van der Waals surface area contributed by atoms with Crippen molar-refractivity contribution in [2.24, 2.45) is 0 Å². The fourth-order valence-electron chi connectivity index (χ4n) is 3.59. The highest BCUT2D eigenvalue weighted by atomic mass is 79.9. The van der Waals surface area contributed by atoms with E-state index < -0.39 is 0 Å². The number of amides is 1. The molecule has 0 saturated heterocycles. The van der Waals surface area contributed by atoms with Crippen LogP contribution in [0.1, 0.15) is 32.9 Å². The van der Waals surface area contributed by atoms with Crippen molar-refractivity contribution < 1.29 is 4.79 Å². The Morgan fingerprint density at radius 2 is 1.58 bits per heavy atom. The predicted octanol–water partition coefficient (Wildman–Crippen LogP) is 6.18. The molecule has 1 amide bonds. The topological polar surface area (TPSA) is 59.8 Å². The van der Waals surface area contributed by atoms with Crippen LogP contribution in [0, 0.1) is 27.7 Å². The largest absolute Gasteiger partial charge is 0.319 e. The summed E-state index contributed by atoms with van der Waals surface area (Å²) in [6.45, 7) is 8.03. The van der Waals surface area contributed by atoms with Gasteiger partial charge in [-0.15, -0.1) is 5.10 Å². The minimum Gasteiger partial charge on any atom is -0.319 e. The Bertz CT molecular complexity index is 1260. The van der Waals surface area contributed by atoms with Crippen LogP contribution in [0.25, 0.3) is 17.1 Å². The van der Waals surface area contributed by atoms with Crippen molar-refractivity contribution in [1.29, 1.82) is 0 Å². The number of para-hydroxylation sites is 1. The van der Waals surface area contributed by atoms with Gasteiger partial charge in [-0.25, -0.2) is 9.67 Å². The van der Waals surface area contributed by atoms with Crippen LogP contribution in [0.5, 0.6) is 0 Å². The zero-order valence-corrected chi connectivity index (χ0v) is 19.5. The summed E-state index contributed by atoms with van der Waals surface area (Å²) in [5, 5.41) is 7.59. The lowest BCUT2D eigenvalue weighted by molar-refractivity contribution is 0.101. The Labute approximate surface area is 190 Å². The van der Waals surface area contributed by atoms with E-state index in [-0.39, 0.29) is 11.7 Å². The number of nitrogens with zero attached hydrogens (tertiary/aromatic N) is 3. The van der Waals surface area contributed by atoms with Crippen LogP contribution >= 0.6 is 15.9 Å². The molecule has 0 atom stereocenters. The SMILES string of the molecule is Cc1ccc(-n2nc(C(=O)Nc3c(C)cccc3C)nc2-c2ccc(Br)cc2)c(C)c1. The molecule has 0 aliphatic heterocycles. The average molecular weight is 475 g/mol. The Morgan fingerprint density at radius 3 is 2.23 bits per heavy atom. The maximum Gasteiger partial charge on any atom is 0.295 e. The molecule has 0 aliphatic rings. The highest BCUT2D eigenvalue weighted by molar-refractivity contribution is 9.10. The van der Waals surface area contributed by atoms with Crippen LogP contribution in [0.2, 0.25) is 0 Å². The molecular weight excluding hydrogens is 452 g/mol. The maximum absolute atomic E-state index is 13.1. The first-order valence-corrected chi connectivity index (χ1v) is 10.8. The zero-order valence-electron chi connectivity index (χ0n) is 17.9. The Balaban J connectivity index is 1.81. The number of aryl methyl sites for hydroxylation is 4. The van der Waals surface area contributed by atoms with E-state index in [4.69, 9.17) is 0 Å². The molecule has 6 heteroatoms. The van der Waals surface area contributed by atoms with Gasteiger partial charge in [-0.1, -0.05) is 64.0 Å². The maximum atomic E-state index is 13.1. The lowest BCUT2D eigenvalue weighted by Crippen LogP contribution is -2.16. The van der Waals surface area contributed by atoms with E-state index in [1.807, 2.05) is 75.4 Å². The van der Waals surface area contributed by atoms with E-state index in [2.05, 4.69) is 44.3 Å². The molecule has 1 aromatic heterocycles. The number of hydrogen-bond acceptors (Lipinski definition) is 3. The smallest absolute Gasteiger partial charge is 0.295 e. The van der Waals surface area contributed by atoms with Crippen molar-refractivity contribution in [2.75, 3.05) is 5.32 Å². The molecule has 0 bridgehead atoms. The van der Waals surface area contributed by atoms with Gasteiger partial charge in [0.05, 0.1) is 5.69 Å². The van der Waals surface area contributed by atoms with Gasteiger partial charge >= 0.3 is 0 Å². The van der Waals surface area contributed by atoms with Crippen LogP contribution < -0.4 is 5.32 Å². The van der Waals surface area contributed by atoms with E-state index in [1.165, 1.54) is 5.56 Å². The van der Waals surface area contributed by atoms with E-state index in [0.29, 0.717) is 5.82 Å². The summed E-state index contributed by atoms with van der Waals surface area (Å²) in [7, 11) is 0. The monoisotopic (exact) mass is 474 g/mol. The summed E-state index contributed by atoms with van der Waals surface area (Å²) < 4.78 is 2.72. The minimum atomic E-state index is -0.334. The molecule has 4 aromatic rings. The number of hydrogen-bond donors (Lipinski definition) is 1. The van der Waals surface area contributed by atoms with Gasteiger partial charge in [0.25, 0.3) is 5.91 Å². The molecule has 0 spiro atoms. The Kier molecular flexibility index (Phi) is 5.74. The number of aromatic nitrogens is 3. The molecule has 0 radical (unpaired) electrons. The molecule has 3 aromatic carbocycles. The second-order valence-electron chi connectivity index (χ2n) is 7.69. The lowest BCUT2D eigenvalue weighted by Gasteiger charge is -2.10. The van der Waals surface area contributed by atoms with Crippen LogP contribution in [0.15, 0.2) is 65.1 Å². The summed E-state index contributed by atoms with van der Waals surface area (Å²) in [6, 6.07) is 19.9. The van der Waals surface area contributed by atoms with Crippen LogP contribution in [-0.2, 0) is 0 Å². The number of carbonyl (C=O) groups excluding carboxylic acids is 1. The molecule has 0 aliphatic carbocycles. The summed E-state index contributed by atoms with van der Waals surface area (Å²) in [5.41, 5.74) is 6.78. The number of halogens is 1. The molecule has 1 heterocycles. The fourth-order valence-corrected chi connectivity index (χ4v) is 3.85. The van der Waals surface area contributed by atoms with Crippen molar-refractivity contribution >= 4 is 27.5 Å². The van der Waals surface area contributed by atoms with Gasteiger partial charge in [0, 0.05) is 15.7 Å². The van der Waals surface area contributed by atoms with Crippen molar-refractivity contribution in [3.63, 3.8) is 0 Å². The number of nitrogens with one attached hydrogen (secondary N) is 1. The minimum absolute atomic E-state index is 0.126. The highest BCUT2D eigenvalue weighted by Crippen LogP contribution is 2.26.